The number of ether oxygens (including phenoxy) is 1. The van der Waals surface area contributed by atoms with Crippen molar-refractivity contribution in [2.45, 2.75) is 82.3 Å². The first kappa shape index (κ1) is 29.9. The van der Waals surface area contributed by atoms with Gasteiger partial charge in [0.15, 0.2) is 0 Å². The maximum Gasteiger partial charge on any atom is 0.247 e. The molecule has 1 aromatic rings. The number of hydrogen-bond donors (Lipinski definition) is 3. The van der Waals surface area contributed by atoms with Crippen LogP contribution in [-0.4, -0.2) is 60.6 Å². The van der Waals surface area contributed by atoms with E-state index in [2.05, 4.69) is 41.2 Å². The Morgan fingerprint density at radius 3 is 2.55 bits per heavy atom. The predicted octanol–water partition coefficient (Wildman–Crippen LogP) is 3.18. The predicted molar refractivity (Wildman–Crippen MR) is 150 cm³/mol. The number of nitrogens with zero attached hydrogens (tertiary/aromatic N) is 1. The lowest BCUT2D eigenvalue weighted by atomic mass is 9.73. The van der Waals surface area contributed by atoms with Crippen molar-refractivity contribution in [1.29, 1.82) is 0 Å². The van der Waals surface area contributed by atoms with Crippen molar-refractivity contribution >= 4 is 30.1 Å². The quantitative estimate of drug-likeness (QED) is 0.415. The number of hydrogen-bond acceptors (Lipinski definition) is 5. The minimum atomic E-state index is -0.769. The third-order valence-corrected chi connectivity index (χ3v) is 8.20. The van der Waals surface area contributed by atoms with Crippen LogP contribution in [0.25, 0.3) is 0 Å². The van der Waals surface area contributed by atoms with Crippen molar-refractivity contribution in [1.82, 2.24) is 20.9 Å². The van der Waals surface area contributed by atoms with E-state index in [4.69, 9.17) is 4.74 Å². The first-order valence-corrected chi connectivity index (χ1v) is 13.4. The Morgan fingerprint density at radius 2 is 1.87 bits per heavy atom. The van der Waals surface area contributed by atoms with Crippen molar-refractivity contribution < 1.29 is 19.1 Å². The molecule has 3 N–H and O–H groups in total. The van der Waals surface area contributed by atoms with Crippen molar-refractivity contribution in [3.63, 3.8) is 0 Å². The van der Waals surface area contributed by atoms with Crippen LogP contribution in [0.4, 0.5) is 0 Å². The van der Waals surface area contributed by atoms with E-state index in [1.54, 1.807) is 18.9 Å². The molecule has 0 saturated carbocycles. The van der Waals surface area contributed by atoms with Crippen LogP contribution in [0.3, 0.4) is 0 Å². The molecule has 2 unspecified atom stereocenters. The molecule has 0 bridgehead atoms. The monoisotopic (exact) mass is 544 g/mol. The fourth-order valence-electron chi connectivity index (χ4n) is 6.22. The van der Waals surface area contributed by atoms with Gasteiger partial charge in [-0.05, 0) is 57.2 Å². The largest absolute Gasteiger partial charge is 0.358 e. The summed E-state index contributed by atoms with van der Waals surface area (Å²) in [6.45, 7) is 9.96. The zero-order valence-electron chi connectivity index (χ0n) is 22.4. The van der Waals surface area contributed by atoms with Gasteiger partial charge in [-0.15, -0.1) is 25.6 Å². The fraction of sp³-hybridized carbons (Fsp3) is 0.552. The second-order valence-corrected chi connectivity index (χ2v) is 10.5. The van der Waals surface area contributed by atoms with Crippen molar-refractivity contribution in [2.75, 3.05) is 13.7 Å². The number of rotatable bonds is 9. The lowest BCUT2D eigenvalue weighted by Crippen LogP contribution is -2.59. The zero-order valence-corrected chi connectivity index (χ0v) is 23.2. The molecule has 208 valence electrons. The smallest absolute Gasteiger partial charge is 0.247 e. The molecule has 2 saturated heterocycles. The highest BCUT2D eigenvalue weighted by molar-refractivity contribution is 5.94. The van der Waals surface area contributed by atoms with Crippen LogP contribution >= 0.6 is 12.4 Å². The summed E-state index contributed by atoms with van der Waals surface area (Å²) in [5.41, 5.74) is 1.80. The number of likely N-dealkylation sites (N-methyl/N-ethyl adjacent to an activating group) is 1. The first-order chi connectivity index (χ1) is 17.8. The van der Waals surface area contributed by atoms with E-state index < -0.39 is 29.8 Å². The Bertz CT molecular complexity index is 1040. The summed E-state index contributed by atoms with van der Waals surface area (Å²) in [5, 5.41) is 9.07. The number of aryl methyl sites for hydroxylation is 1. The Labute approximate surface area is 232 Å². The summed E-state index contributed by atoms with van der Waals surface area (Å²) in [6.07, 6.45) is 7.84. The van der Waals surface area contributed by atoms with Gasteiger partial charge in [0, 0.05) is 18.3 Å². The van der Waals surface area contributed by atoms with E-state index in [1.807, 2.05) is 24.3 Å². The van der Waals surface area contributed by atoms with Crippen LogP contribution in [0.2, 0.25) is 0 Å². The average Bonchev–Trinajstić information content (AvgIpc) is 3.13. The molecule has 8 nitrogen and oxygen atoms in total. The molecule has 3 amide bonds. The highest BCUT2D eigenvalue weighted by Crippen LogP contribution is 2.48. The molecule has 1 aliphatic carbocycles. The minimum Gasteiger partial charge on any atom is -0.358 e. The molecule has 0 spiro atoms. The van der Waals surface area contributed by atoms with Gasteiger partial charge in [-0.25, -0.2) is 0 Å². The number of nitrogens with one attached hydrogen (secondary N) is 3. The Balaban J connectivity index is 0.00000400. The zero-order chi connectivity index (χ0) is 26.6. The third kappa shape index (κ3) is 5.82. The van der Waals surface area contributed by atoms with Crippen LogP contribution in [0.5, 0.6) is 0 Å². The van der Waals surface area contributed by atoms with Gasteiger partial charge in [-0.3, -0.25) is 14.4 Å². The molecule has 3 aliphatic rings. The SMILES string of the molecule is C=CCC1(CC=C)C[C@@H]2OCC[C@H](NC(=O)C(C)NC)C(=O)N2C1C(=O)N[C@@H]1CCCc2ccccc21.Cl. The van der Waals surface area contributed by atoms with Crippen molar-refractivity contribution in [3.8, 4) is 0 Å². The summed E-state index contributed by atoms with van der Waals surface area (Å²) < 4.78 is 6.16. The highest BCUT2D eigenvalue weighted by Gasteiger charge is 2.58. The number of carbonyl (C=O) groups excluding carboxylic acids is 3. The summed E-state index contributed by atoms with van der Waals surface area (Å²) >= 11 is 0. The lowest BCUT2D eigenvalue weighted by Gasteiger charge is -2.38. The maximum absolute atomic E-state index is 14.2. The molecular formula is C29H41ClN4O4. The number of carbonyl (C=O) groups is 3. The van der Waals surface area contributed by atoms with Crippen LogP contribution in [-0.2, 0) is 25.5 Å². The molecule has 38 heavy (non-hydrogen) atoms. The first-order valence-electron chi connectivity index (χ1n) is 13.4. The number of amides is 3. The van der Waals surface area contributed by atoms with E-state index in [0.29, 0.717) is 32.3 Å². The summed E-state index contributed by atoms with van der Waals surface area (Å²) in [4.78, 5) is 42.3. The van der Waals surface area contributed by atoms with Gasteiger partial charge in [0.2, 0.25) is 17.7 Å². The third-order valence-electron chi connectivity index (χ3n) is 8.20. The summed E-state index contributed by atoms with van der Waals surface area (Å²) in [5.74, 6) is -0.736. The second kappa shape index (κ2) is 12.9. The number of halogens is 1. The molecule has 2 heterocycles. The molecule has 5 atom stereocenters. The Kier molecular flexibility index (Phi) is 10.2. The van der Waals surface area contributed by atoms with Crippen molar-refractivity contribution in [3.05, 3.63) is 60.7 Å². The Morgan fingerprint density at radius 1 is 1.16 bits per heavy atom. The molecule has 0 radical (unpaired) electrons. The highest BCUT2D eigenvalue weighted by atomic mass is 35.5. The molecule has 2 aliphatic heterocycles. The summed E-state index contributed by atoms with van der Waals surface area (Å²) in [7, 11) is 1.70. The van der Waals surface area contributed by atoms with E-state index in [-0.39, 0.29) is 36.2 Å². The molecule has 0 aromatic heterocycles. The Hall–Kier alpha value is -2.68. The van der Waals surface area contributed by atoms with E-state index in [1.165, 1.54) is 5.56 Å². The van der Waals surface area contributed by atoms with Crippen LogP contribution in [0.1, 0.15) is 62.6 Å². The minimum absolute atomic E-state index is 0. The molecule has 2 fully saturated rings. The topological polar surface area (TPSA) is 99.8 Å². The number of allylic oxidation sites excluding steroid dienone is 2. The lowest BCUT2D eigenvalue weighted by molar-refractivity contribution is -0.150. The van der Waals surface area contributed by atoms with Gasteiger partial charge in [0.1, 0.15) is 18.3 Å². The van der Waals surface area contributed by atoms with E-state index in [9.17, 15) is 14.4 Å². The fourth-order valence-corrected chi connectivity index (χ4v) is 6.22. The van der Waals surface area contributed by atoms with E-state index >= 15 is 0 Å². The molecule has 4 rings (SSSR count). The van der Waals surface area contributed by atoms with Gasteiger partial charge in [-0.2, -0.15) is 0 Å². The number of fused-ring (bicyclic) bond motifs is 2. The van der Waals surface area contributed by atoms with Gasteiger partial charge >= 0.3 is 0 Å². The van der Waals surface area contributed by atoms with Gasteiger partial charge in [-0.1, -0.05) is 36.4 Å². The summed E-state index contributed by atoms with van der Waals surface area (Å²) in [6, 6.07) is 6.13. The standard InChI is InChI=1S/C29H40N4O4.ClH/c1-5-15-29(16-6-2)18-24-33(28(36)23(14-17-37-24)32-26(34)19(3)30-4)25(29)27(35)31-22-13-9-11-20-10-7-8-12-21(20)22;/h5-8,10,12,19,22-25,30H,1-2,9,11,13-18H2,3-4H3,(H,31,35)(H,32,34);1H/t19?,22-,23+,24+,25?;/m1./s1. The van der Waals surface area contributed by atoms with Gasteiger partial charge < -0.3 is 25.6 Å². The molecule has 1 aromatic carbocycles. The van der Waals surface area contributed by atoms with Crippen LogP contribution in [0, 0.1) is 5.41 Å². The normalized spacial score (nSPS) is 26.6. The maximum atomic E-state index is 14.2. The van der Waals surface area contributed by atoms with Gasteiger partial charge in [0.05, 0.1) is 18.7 Å². The second-order valence-electron chi connectivity index (χ2n) is 10.5. The van der Waals surface area contributed by atoms with E-state index in [0.717, 1.165) is 24.8 Å². The van der Waals surface area contributed by atoms with Crippen LogP contribution in [0.15, 0.2) is 49.6 Å². The van der Waals surface area contributed by atoms with Gasteiger partial charge in [0.25, 0.3) is 0 Å². The molecule has 9 heteroatoms. The van der Waals surface area contributed by atoms with Crippen molar-refractivity contribution in [2.24, 2.45) is 5.41 Å². The average molecular weight is 545 g/mol. The number of benzene rings is 1. The molecular weight excluding hydrogens is 504 g/mol. The van der Waals surface area contributed by atoms with Crippen LogP contribution < -0.4 is 16.0 Å².